The number of thiophene rings is 1. The van der Waals surface area contributed by atoms with Crippen molar-refractivity contribution < 1.29 is 9.31 Å². The van der Waals surface area contributed by atoms with Crippen molar-refractivity contribution in [3.63, 3.8) is 0 Å². The molecule has 7 heteroatoms. The van der Waals surface area contributed by atoms with Gasteiger partial charge >= 0.3 is 5.00 Å². The van der Waals surface area contributed by atoms with Crippen LogP contribution < -0.4 is 0 Å². The van der Waals surface area contributed by atoms with Crippen molar-refractivity contribution in [1.29, 1.82) is 0 Å². The van der Waals surface area contributed by atoms with Gasteiger partial charge in [0.2, 0.25) is 0 Å². The Hall–Kier alpha value is -2.28. The summed E-state index contributed by atoms with van der Waals surface area (Å²) in [6.07, 6.45) is 0. The van der Waals surface area contributed by atoms with Gasteiger partial charge in [0, 0.05) is 41.2 Å². The molecular formula is C19H16ClFN2O2S. The van der Waals surface area contributed by atoms with E-state index in [1.165, 1.54) is 12.1 Å². The topological polar surface area (TPSA) is 46.4 Å². The second-order valence-corrected chi connectivity index (χ2v) is 7.44. The zero-order chi connectivity index (χ0) is 18.5. The molecule has 1 aromatic heterocycles. The molecule has 0 aliphatic heterocycles. The summed E-state index contributed by atoms with van der Waals surface area (Å²) in [5.41, 5.74) is 1.63. The van der Waals surface area contributed by atoms with Gasteiger partial charge in [0.15, 0.2) is 0 Å². The number of benzene rings is 2. The zero-order valence-electron chi connectivity index (χ0n) is 13.8. The first-order chi connectivity index (χ1) is 12.5. The second-order valence-electron chi connectivity index (χ2n) is 5.86. The van der Waals surface area contributed by atoms with Crippen LogP contribution in [0.15, 0.2) is 60.7 Å². The minimum atomic E-state index is -0.394. The zero-order valence-corrected chi connectivity index (χ0v) is 15.3. The summed E-state index contributed by atoms with van der Waals surface area (Å²) in [7, 11) is 0. The third kappa shape index (κ3) is 4.88. The lowest BCUT2D eigenvalue weighted by atomic mass is 10.1. The summed E-state index contributed by atoms with van der Waals surface area (Å²) in [5, 5.41) is 11.7. The van der Waals surface area contributed by atoms with E-state index in [2.05, 4.69) is 4.90 Å². The Balaban J connectivity index is 1.81. The Morgan fingerprint density at radius 1 is 1.00 bits per heavy atom. The Morgan fingerprint density at radius 2 is 1.73 bits per heavy atom. The Bertz CT molecular complexity index is 899. The maximum absolute atomic E-state index is 14.1. The molecule has 4 nitrogen and oxygen atoms in total. The SMILES string of the molecule is O=[N+]([O-])c1ccc(CN(Cc2ccc(Cl)cc2)Cc2ccccc2F)s1. The quantitative estimate of drug-likeness (QED) is 0.386. The lowest BCUT2D eigenvalue weighted by Crippen LogP contribution is -2.22. The van der Waals surface area contributed by atoms with Crippen molar-refractivity contribution in [2.45, 2.75) is 19.6 Å². The van der Waals surface area contributed by atoms with Gasteiger partial charge in [-0.2, -0.15) is 0 Å². The van der Waals surface area contributed by atoms with Gasteiger partial charge in [-0.3, -0.25) is 15.0 Å². The van der Waals surface area contributed by atoms with E-state index in [0.717, 1.165) is 21.8 Å². The molecule has 2 aromatic carbocycles. The van der Waals surface area contributed by atoms with Gasteiger partial charge in [-0.15, -0.1) is 0 Å². The normalized spacial score (nSPS) is 11.0. The van der Waals surface area contributed by atoms with E-state index in [0.29, 0.717) is 30.2 Å². The highest BCUT2D eigenvalue weighted by Gasteiger charge is 2.15. The van der Waals surface area contributed by atoms with Crippen molar-refractivity contribution in [2.75, 3.05) is 0 Å². The Labute approximate surface area is 159 Å². The molecule has 0 fully saturated rings. The van der Waals surface area contributed by atoms with E-state index in [9.17, 15) is 14.5 Å². The average Bonchev–Trinajstić information content (AvgIpc) is 3.08. The number of rotatable bonds is 7. The molecule has 1 heterocycles. The van der Waals surface area contributed by atoms with Gasteiger partial charge in [-0.25, -0.2) is 4.39 Å². The molecular weight excluding hydrogens is 375 g/mol. The van der Waals surface area contributed by atoms with Gasteiger partial charge in [-0.1, -0.05) is 53.3 Å². The number of halogens is 2. The molecule has 0 atom stereocenters. The van der Waals surface area contributed by atoms with Crippen LogP contribution in [-0.2, 0) is 19.6 Å². The molecule has 0 amide bonds. The summed E-state index contributed by atoms with van der Waals surface area (Å²) >= 11 is 7.08. The number of nitro groups is 1. The summed E-state index contributed by atoms with van der Waals surface area (Å²) in [6, 6.07) is 17.4. The highest BCUT2D eigenvalue weighted by atomic mass is 35.5. The first-order valence-corrected chi connectivity index (χ1v) is 9.14. The van der Waals surface area contributed by atoms with Crippen molar-refractivity contribution in [3.05, 3.63) is 97.6 Å². The smallest absolute Gasteiger partial charge is 0.290 e. The van der Waals surface area contributed by atoms with Crippen LogP contribution >= 0.6 is 22.9 Å². The molecule has 0 unspecified atom stereocenters. The fraction of sp³-hybridized carbons (Fsp3) is 0.158. The molecule has 134 valence electrons. The highest BCUT2D eigenvalue weighted by Crippen LogP contribution is 2.26. The van der Waals surface area contributed by atoms with Gasteiger partial charge in [-0.05, 0) is 29.8 Å². The lowest BCUT2D eigenvalue weighted by Gasteiger charge is -2.22. The van der Waals surface area contributed by atoms with Crippen LogP contribution in [0.5, 0.6) is 0 Å². The molecule has 3 rings (SSSR count). The molecule has 26 heavy (non-hydrogen) atoms. The molecule has 0 bridgehead atoms. The molecule has 0 aliphatic rings. The first-order valence-electron chi connectivity index (χ1n) is 7.94. The lowest BCUT2D eigenvalue weighted by molar-refractivity contribution is -0.380. The molecule has 0 aliphatic carbocycles. The number of hydrogen-bond acceptors (Lipinski definition) is 4. The van der Waals surface area contributed by atoms with E-state index in [1.807, 2.05) is 24.3 Å². The maximum Gasteiger partial charge on any atom is 0.324 e. The minimum absolute atomic E-state index is 0.109. The van der Waals surface area contributed by atoms with Crippen LogP contribution in [0.1, 0.15) is 16.0 Å². The van der Waals surface area contributed by atoms with Crippen LogP contribution in [0.2, 0.25) is 5.02 Å². The van der Waals surface area contributed by atoms with Crippen LogP contribution in [0, 0.1) is 15.9 Å². The van der Waals surface area contributed by atoms with Gasteiger partial charge in [0.1, 0.15) is 5.82 Å². The fourth-order valence-electron chi connectivity index (χ4n) is 2.65. The Morgan fingerprint density at radius 3 is 2.38 bits per heavy atom. The van der Waals surface area contributed by atoms with Crippen molar-refractivity contribution in [1.82, 2.24) is 4.90 Å². The number of nitrogens with zero attached hydrogens (tertiary/aromatic N) is 2. The van der Waals surface area contributed by atoms with Gasteiger partial charge in [0.25, 0.3) is 0 Å². The summed E-state index contributed by atoms with van der Waals surface area (Å²) in [4.78, 5) is 13.4. The van der Waals surface area contributed by atoms with Crippen LogP contribution in [-0.4, -0.2) is 9.82 Å². The largest absolute Gasteiger partial charge is 0.324 e. The molecule has 0 saturated carbocycles. The minimum Gasteiger partial charge on any atom is -0.290 e. The van der Waals surface area contributed by atoms with E-state index < -0.39 is 4.92 Å². The fourth-order valence-corrected chi connectivity index (χ4v) is 3.64. The summed E-state index contributed by atoms with van der Waals surface area (Å²) in [6.45, 7) is 1.48. The summed E-state index contributed by atoms with van der Waals surface area (Å²) < 4.78 is 14.1. The van der Waals surface area contributed by atoms with Crippen molar-refractivity contribution >= 4 is 27.9 Å². The predicted molar refractivity (Wildman–Crippen MR) is 102 cm³/mol. The van der Waals surface area contributed by atoms with E-state index in [-0.39, 0.29) is 10.8 Å². The first kappa shape index (κ1) is 18.5. The number of hydrogen-bond donors (Lipinski definition) is 0. The highest BCUT2D eigenvalue weighted by molar-refractivity contribution is 7.15. The third-order valence-electron chi connectivity index (χ3n) is 3.88. The monoisotopic (exact) mass is 390 g/mol. The summed E-state index contributed by atoms with van der Waals surface area (Å²) in [5.74, 6) is -0.259. The maximum atomic E-state index is 14.1. The van der Waals surface area contributed by atoms with Crippen molar-refractivity contribution in [3.8, 4) is 0 Å². The van der Waals surface area contributed by atoms with E-state index in [1.54, 1.807) is 24.3 Å². The second kappa shape index (κ2) is 8.40. The Kier molecular flexibility index (Phi) is 5.98. The molecule has 0 N–H and O–H groups in total. The van der Waals surface area contributed by atoms with Crippen LogP contribution in [0.4, 0.5) is 9.39 Å². The standard InChI is InChI=1S/C19H16ClFN2O2S/c20-16-7-5-14(6-8-16)11-22(12-15-3-1-2-4-18(15)21)13-17-9-10-19(26-17)23(24)25/h1-10H,11-13H2. The molecule has 3 aromatic rings. The van der Waals surface area contributed by atoms with E-state index in [4.69, 9.17) is 11.6 Å². The predicted octanol–water partition coefficient (Wildman–Crippen LogP) is 5.65. The van der Waals surface area contributed by atoms with E-state index >= 15 is 0 Å². The molecule has 0 saturated heterocycles. The van der Waals surface area contributed by atoms with Crippen molar-refractivity contribution in [2.24, 2.45) is 0 Å². The third-order valence-corrected chi connectivity index (χ3v) is 5.15. The van der Waals surface area contributed by atoms with Gasteiger partial charge < -0.3 is 0 Å². The van der Waals surface area contributed by atoms with Gasteiger partial charge in [0.05, 0.1) is 4.92 Å². The van der Waals surface area contributed by atoms with Crippen LogP contribution in [0.25, 0.3) is 0 Å². The molecule has 0 spiro atoms. The van der Waals surface area contributed by atoms with Crippen LogP contribution in [0.3, 0.4) is 0 Å². The molecule has 0 radical (unpaired) electrons. The average molecular weight is 391 g/mol.